The van der Waals surface area contributed by atoms with Crippen molar-refractivity contribution in [2.45, 2.75) is 0 Å². The minimum absolute atomic E-state index is 1.03. The lowest BCUT2D eigenvalue weighted by molar-refractivity contribution is -0.834. The molecule has 0 aliphatic carbocycles. The first kappa shape index (κ1) is 6.30. The van der Waals surface area contributed by atoms with Crippen LogP contribution < -0.4 is 4.90 Å². The van der Waals surface area contributed by atoms with Gasteiger partial charge in [-0.15, -0.1) is 0 Å². The summed E-state index contributed by atoms with van der Waals surface area (Å²) in [4.78, 5) is 1.45. The van der Waals surface area contributed by atoms with Crippen molar-refractivity contribution in [1.29, 1.82) is 0 Å². The fourth-order valence-electron chi connectivity index (χ4n) is 0.894. The van der Waals surface area contributed by atoms with Gasteiger partial charge < -0.3 is 4.90 Å². The molecule has 0 fully saturated rings. The van der Waals surface area contributed by atoms with E-state index in [-0.39, 0.29) is 0 Å². The molecule has 0 aromatic rings. The highest BCUT2D eigenvalue weighted by Gasteiger charge is 1.99. The summed E-state index contributed by atoms with van der Waals surface area (Å²) in [5, 5.41) is 0. The average Bonchev–Trinajstić information content (AvgIpc) is 1.91. The second-order valence-corrected chi connectivity index (χ2v) is 2.14. The molecule has 1 unspecified atom stereocenters. The molecule has 0 saturated carbocycles. The lowest BCUT2D eigenvalue weighted by atomic mass is 10.3. The third-order valence-electron chi connectivity index (χ3n) is 1.37. The van der Waals surface area contributed by atoms with E-state index in [1.807, 2.05) is 6.08 Å². The summed E-state index contributed by atoms with van der Waals surface area (Å²) in [7, 11) is 0. The van der Waals surface area contributed by atoms with E-state index < -0.39 is 0 Å². The third kappa shape index (κ3) is 1.86. The molecule has 1 rings (SSSR count). The average molecular weight is 122 g/mol. The predicted octanol–water partition coefficient (Wildman–Crippen LogP) is 0.141. The topological polar surface area (TPSA) is 4.44 Å². The zero-order chi connectivity index (χ0) is 6.53. The highest BCUT2D eigenvalue weighted by atomic mass is 15.1. The standard InChI is InChI=1S/C8H11N/c1-2-6-9-7-4-3-5-8-9/h2-5,7H,1,6,8H2/p+1. The van der Waals surface area contributed by atoms with Crippen LogP contribution in [0.1, 0.15) is 0 Å². The van der Waals surface area contributed by atoms with E-state index in [9.17, 15) is 0 Å². The van der Waals surface area contributed by atoms with Gasteiger partial charge in [0.05, 0.1) is 12.7 Å². The molecule has 48 valence electrons. The molecule has 1 atom stereocenters. The largest absolute Gasteiger partial charge is 0.302 e. The van der Waals surface area contributed by atoms with Crippen LogP contribution in [0.15, 0.2) is 37.1 Å². The molecule has 1 heterocycles. The van der Waals surface area contributed by atoms with Crippen LogP contribution in [0.3, 0.4) is 0 Å². The Morgan fingerprint density at radius 3 is 3.00 bits per heavy atom. The Kier molecular flexibility index (Phi) is 2.28. The molecule has 0 saturated heterocycles. The zero-order valence-electron chi connectivity index (χ0n) is 5.51. The van der Waals surface area contributed by atoms with E-state index in [2.05, 4.69) is 31.0 Å². The minimum atomic E-state index is 1.03. The van der Waals surface area contributed by atoms with Crippen molar-refractivity contribution in [1.82, 2.24) is 0 Å². The Morgan fingerprint density at radius 1 is 1.56 bits per heavy atom. The highest BCUT2D eigenvalue weighted by Crippen LogP contribution is 1.75. The van der Waals surface area contributed by atoms with Crippen LogP contribution in [-0.4, -0.2) is 13.1 Å². The first-order valence-corrected chi connectivity index (χ1v) is 3.22. The lowest BCUT2D eigenvalue weighted by Gasteiger charge is -2.11. The van der Waals surface area contributed by atoms with Gasteiger partial charge in [-0.3, -0.25) is 0 Å². The maximum atomic E-state index is 3.68. The Bertz CT molecular complexity index is 143. The van der Waals surface area contributed by atoms with Gasteiger partial charge in [-0.25, -0.2) is 0 Å². The Hall–Kier alpha value is -0.820. The van der Waals surface area contributed by atoms with Gasteiger partial charge in [0.15, 0.2) is 0 Å². The molecule has 0 aromatic carbocycles. The summed E-state index contributed by atoms with van der Waals surface area (Å²) in [6.07, 6.45) is 10.4. The van der Waals surface area contributed by atoms with Crippen molar-refractivity contribution in [3.8, 4) is 0 Å². The first-order valence-electron chi connectivity index (χ1n) is 3.22. The number of quaternary nitrogens is 1. The molecule has 1 aliphatic heterocycles. The maximum absolute atomic E-state index is 3.68. The number of nitrogens with one attached hydrogen (secondary N) is 1. The fraction of sp³-hybridized carbons (Fsp3) is 0.250. The van der Waals surface area contributed by atoms with Crippen molar-refractivity contribution in [3.05, 3.63) is 37.1 Å². The number of allylic oxidation sites excluding steroid dienone is 2. The third-order valence-corrected chi connectivity index (χ3v) is 1.37. The number of rotatable bonds is 2. The molecule has 9 heavy (non-hydrogen) atoms. The second-order valence-electron chi connectivity index (χ2n) is 2.14. The lowest BCUT2D eigenvalue weighted by Crippen LogP contribution is -3.07. The summed E-state index contributed by atoms with van der Waals surface area (Å²) in [6, 6.07) is 0. The van der Waals surface area contributed by atoms with Crippen LogP contribution in [0, 0.1) is 0 Å². The molecule has 0 amide bonds. The van der Waals surface area contributed by atoms with Gasteiger partial charge >= 0.3 is 0 Å². The minimum Gasteiger partial charge on any atom is -0.302 e. The van der Waals surface area contributed by atoms with Gasteiger partial charge in [0, 0.05) is 0 Å². The first-order chi connectivity index (χ1) is 4.43. The quantitative estimate of drug-likeness (QED) is 0.497. The van der Waals surface area contributed by atoms with E-state index in [0.717, 1.165) is 13.1 Å². The van der Waals surface area contributed by atoms with Crippen LogP contribution in [0.4, 0.5) is 0 Å². The van der Waals surface area contributed by atoms with Crippen molar-refractivity contribution in [3.63, 3.8) is 0 Å². The summed E-state index contributed by atoms with van der Waals surface area (Å²) >= 11 is 0. The Labute approximate surface area is 56.0 Å². The van der Waals surface area contributed by atoms with Crippen molar-refractivity contribution >= 4 is 0 Å². The molecule has 0 aromatic heterocycles. The molecule has 1 aliphatic rings. The highest BCUT2D eigenvalue weighted by molar-refractivity contribution is 5.02. The maximum Gasteiger partial charge on any atom is 0.101 e. The van der Waals surface area contributed by atoms with Crippen molar-refractivity contribution in [2.75, 3.05) is 13.1 Å². The monoisotopic (exact) mass is 122 g/mol. The molecule has 1 nitrogen and oxygen atoms in total. The molecular weight excluding hydrogens is 110 g/mol. The molecule has 0 spiro atoms. The molecule has 1 heteroatoms. The van der Waals surface area contributed by atoms with Gasteiger partial charge in [0.2, 0.25) is 0 Å². The van der Waals surface area contributed by atoms with E-state index in [0.29, 0.717) is 0 Å². The van der Waals surface area contributed by atoms with Gasteiger partial charge in [-0.2, -0.15) is 0 Å². The van der Waals surface area contributed by atoms with Crippen LogP contribution in [-0.2, 0) is 0 Å². The van der Waals surface area contributed by atoms with Crippen LogP contribution >= 0.6 is 0 Å². The normalized spacial score (nSPS) is 24.2. The summed E-state index contributed by atoms with van der Waals surface area (Å²) in [6.45, 7) is 5.80. The summed E-state index contributed by atoms with van der Waals surface area (Å²) in [5.74, 6) is 0. The van der Waals surface area contributed by atoms with E-state index in [1.54, 1.807) is 0 Å². The SMILES string of the molecule is C=CC[NH+]1C=CC=CC1. The second kappa shape index (κ2) is 3.25. The summed E-state index contributed by atoms with van der Waals surface area (Å²) in [5.41, 5.74) is 0. The van der Waals surface area contributed by atoms with Crippen LogP contribution in [0.2, 0.25) is 0 Å². The molecule has 1 N–H and O–H groups in total. The predicted molar refractivity (Wildman–Crippen MR) is 39.2 cm³/mol. The van der Waals surface area contributed by atoms with Crippen LogP contribution in [0.5, 0.6) is 0 Å². The number of hydrogen-bond acceptors (Lipinski definition) is 0. The Balaban J connectivity index is 2.36. The molecular formula is C8H12N+. The molecule has 0 radical (unpaired) electrons. The summed E-state index contributed by atoms with van der Waals surface area (Å²) < 4.78 is 0. The van der Waals surface area contributed by atoms with Crippen LogP contribution in [0.25, 0.3) is 0 Å². The van der Waals surface area contributed by atoms with E-state index in [4.69, 9.17) is 0 Å². The van der Waals surface area contributed by atoms with Crippen molar-refractivity contribution < 1.29 is 4.90 Å². The van der Waals surface area contributed by atoms with E-state index in [1.165, 1.54) is 4.90 Å². The Morgan fingerprint density at radius 2 is 2.44 bits per heavy atom. The van der Waals surface area contributed by atoms with Gasteiger partial charge in [0.1, 0.15) is 6.54 Å². The molecule has 0 bridgehead atoms. The number of hydrogen-bond donors (Lipinski definition) is 1. The van der Waals surface area contributed by atoms with Gasteiger partial charge in [-0.05, 0) is 18.2 Å². The van der Waals surface area contributed by atoms with E-state index >= 15 is 0 Å². The van der Waals surface area contributed by atoms with Gasteiger partial charge in [-0.1, -0.05) is 12.7 Å². The smallest absolute Gasteiger partial charge is 0.101 e. The fourth-order valence-corrected chi connectivity index (χ4v) is 0.894. The zero-order valence-corrected chi connectivity index (χ0v) is 5.51. The van der Waals surface area contributed by atoms with Crippen molar-refractivity contribution in [2.24, 2.45) is 0 Å². The van der Waals surface area contributed by atoms with Gasteiger partial charge in [0.25, 0.3) is 0 Å².